The second-order valence-electron chi connectivity index (χ2n) is 7.12. The van der Waals surface area contributed by atoms with Crippen molar-refractivity contribution in [2.45, 2.75) is 70.3 Å². The molecule has 140 valence electrons. The molecule has 1 saturated carbocycles. The smallest absolute Gasteiger partial charge is 0.308 e. The molecule has 4 heteroatoms. The second kappa shape index (κ2) is 9.81. The molecule has 1 aromatic rings. The van der Waals surface area contributed by atoms with Crippen LogP contribution in [0.2, 0.25) is 0 Å². The highest BCUT2D eigenvalue weighted by Crippen LogP contribution is 2.40. The maximum Gasteiger partial charge on any atom is 0.308 e. The first kappa shape index (κ1) is 19.8. The van der Waals surface area contributed by atoms with Crippen molar-refractivity contribution >= 4 is 5.97 Å². The molecule has 1 fully saturated rings. The molecule has 0 atom stereocenters. The van der Waals surface area contributed by atoms with Gasteiger partial charge in [-0.15, -0.1) is 0 Å². The standard InChI is InChI=1S/C21H32O4/c1-3-4-5-6-7-16-25-19-10-8-18(9-11-19)21(23)14-12-17(13-15-21)20(22)24-2/h8-11,17,23H,3-7,12-16H2,1-2H3. The van der Waals surface area contributed by atoms with Crippen LogP contribution >= 0.6 is 0 Å². The molecule has 1 aromatic carbocycles. The lowest BCUT2D eigenvalue weighted by molar-refractivity contribution is -0.148. The maximum atomic E-state index is 11.6. The van der Waals surface area contributed by atoms with Gasteiger partial charge in [-0.1, -0.05) is 44.7 Å². The first-order valence-corrected chi connectivity index (χ1v) is 9.62. The van der Waals surface area contributed by atoms with Crippen LogP contribution in [0.1, 0.15) is 70.3 Å². The number of unbranched alkanes of at least 4 members (excludes halogenated alkanes) is 4. The van der Waals surface area contributed by atoms with Gasteiger partial charge in [-0.05, 0) is 49.8 Å². The zero-order valence-electron chi connectivity index (χ0n) is 15.6. The molecular formula is C21H32O4. The summed E-state index contributed by atoms with van der Waals surface area (Å²) in [6.45, 7) is 2.96. The maximum absolute atomic E-state index is 11.6. The van der Waals surface area contributed by atoms with Crippen LogP contribution in [0, 0.1) is 5.92 Å². The third kappa shape index (κ3) is 5.74. The Morgan fingerprint density at radius 2 is 1.76 bits per heavy atom. The zero-order chi connectivity index (χ0) is 18.1. The number of rotatable bonds is 9. The molecule has 0 saturated heterocycles. The topological polar surface area (TPSA) is 55.8 Å². The predicted molar refractivity (Wildman–Crippen MR) is 98.6 cm³/mol. The van der Waals surface area contributed by atoms with Gasteiger partial charge in [0, 0.05) is 0 Å². The summed E-state index contributed by atoms with van der Waals surface area (Å²) < 4.78 is 10.6. The Morgan fingerprint density at radius 1 is 1.12 bits per heavy atom. The first-order valence-electron chi connectivity index (χ1n) is 9.62. The molecule has 0 spiro atoms. The summed E-state index contributed by atoms with van der Waals surface area (Å²) in [6.07, 6.45) is 8.63. The minimum atomic E-state index is -0.844. The number of benzene rings is 1. The molecular weight excluding hydrogens is 316 g/mol. The van der Waals surface area contributed by atoms with Crippen molar-refractivity contribution in [3.05, 3.63) is 29.8 Å². The van der Waals surface area contributed by atoms with E-state index in [1.165, 1.54) is 32.8 Å². The number of aliphatic hydroxyl groups is 1. The molecule has 0 aliphatic heterocycles. The van der Waals surface area contributed by atoms with E-state index in [4.69, 9.17) is 9.47 Å². The summed E-state index contributed by atoms with van der Waals surface area (Å²) >= 11 is 0. The molecule has 25 heavy (non-hydrogen) atoms. The lowest BCUT2D eigenvalue weighted by Crippen LogP contribution is -2.34. The summed E-state index contributed by atoms with van der Waals surface area (Å²) in [7, 11) is 1.42. The molecule has 0 amide bonds. The Hall–Kier alpha value is -1.55. The lowest BCUT2D eigenvalue weighted by Gasteiger charge is -2.35. The largest absolute Gasteiger partial charge is 0.494 e. The van der Waals surface area contributed by atoms with Crippen LogP contribution in [0.4, 0.5) is 0 Å². The van der Waals surface area contributed by atoms with Gasteiger partial charge >= 0.3 is 5.97 Å². The van der Waals surface area contributed by atoms with E-state index in [1.807, 2.05) is 24.3 Å². The fourth-order valence-electron chi connectivity index (χ4n) is 3.54. The van der Waals surface area contributed by atoms with Crippen LogP contribution in [-0.4, -0.2) is 24.8 Å². The van der Waals surface area contributed by atoms with Crippen molar-refractivity contribution in [2.24, 2.45) is 5.92 Å². The van der Waals surface area contributed by atoms with Gasteiger partial charge in [0.2, 0.25) is 0 Å². The molecule has 1 N–H and O–H groups in total. The van der Waals surface area contributed by atoms with Gasteiger partial charge in [0.15, 0.2) is 0 Å². The van der Waals surface area contributed by atoms with Crippen molar-refractivity contribution in [3.8, 4) is 5.75 Å². The molecule has 2 rings (SSSR count). The molecule has 0 bridgehead atoms. The normalized spacial score (nSPS) is 23.2. The van der Waals surface area contributed by atoms with E-state index in [2.05, 4.69) is 6.92 Å². The SMILES string of the molecule is CCCCCCCOc1ccc(C2(O)CCC(C(=O)OC)CC2)cc1. The molecule has 0 aromatic heterocycles. The van der Waals surface area contributed by atoms with E-state index in [9.17, 15) is 9.90 Å². The van der Waals surface area contributed by atoms with Crippen LogP contribution in [-0.2, 0) is 15.1 Å². The van der Waals surface area contributed by atoms with E-state index in [1.54, 1.807) is 0 Å². The van der Waals surface area contributed by atoms with Crippen molar-refractivity contribution < 1.29 is 19.4 Å². The minimum absolute atomic E-state index is 0.0828. The van der Waals surface area contributed by atoms with Crippen molar-refractivity contribution in [1.82, 2.24) is 0 Å². The lowest BCUT2D eigenvalue weighted by atomic mass is 9.75. The van der Waals surface area contributed by atoms with Crippen molar-refractivity contribution in [3.63, 3.8) is 0 Å². The monoisotopic (exact) mass is 348 g/mol. The number of hydrogen-bond donors (Lipinski definition) is 1. The molecule has 0 unspecified atom stereocenters. The first-order chi connectivity index (χ1) is 12.1. The van der Waals surface area contributed by atoms with Crippen molar-refractivity contribution in [2.75, 3.05) is 13.7 Å². The Labute approximate surface area is 151 Å². The summed E-state index contributed by atoms with van der Waals surface area (Å²) in [4.78, 5) is 11.6. The van der Waals surface area contributed by atoms with E-state index in [-0.39, 0.29) is 11.9 Å². The van der Waals surface area contributed by atoms with E-state index < -0.39 is 5.60 Å². The summed E-state index contributed by atoms with van der Waals surface area (Å²) in [5, 5.41) is 10.9. The van der Waals surface area contributed by atoms with Crippen LogP contribution in [0.25, 0.3) is 0 Å². The average Bonchev–Trinajstić information content (AvgIpc) is 2.65. The molecule has 0 heterocycles. The van der Waals surface area contributed by atoms with Crippen LogP contribution < -0.4 is 4.74 Å². The highest BCUT2D eigenvalue weighted by atomic mass is 16.5. The Balaban J connectivity index is 1.80. The average molecular weight is 348 g/mol. The van der Waals surface area contributed by atoms with Crippen LogP contribution in [0.3, 0.4) is 0 Å². The van der Waals surface area contributed by atoms with Gasteiger partial charge in [-0.2, -0.15) is 0 Å². The third-order valence-electron chi connectivity index (χ3n) is 5.26. The Morgan fingerprint density at radius 3 is 2.36 bits per heavy atom. The number of hydrogen-bond acceptors (Lipinski definition) is 4. The van der Waals surface area contributed by atoms with Gasteiger partial charge in [0.1, 0.15) is 5.75 Å². The highest BCUT2D eigenvalue weighted by molar-refractivity contribution is 5.72. The summed E-state index contributed by atoms with van der Waals surface area (Å²) in [6, 6.07) is 7.77. The van der Waals surface area contributed by atoms with E-state index in [0.29, 0.717) is 25.7 Å². The van der Waals surface area contributed by atoms with Crippen LogP contribution in [0.5, 0.6) is 5.75 Å². The van der Waals surface area contributed by atoms with Gasteiger partial charge in [0.05, 0.1) is 25.2 Å². The van der Waals surface area contributed by atoms with Gasteiger partial charge < -0.3 is 14.6 Å². The summed E-state index contributed by atoms with van der Waals surface area (Å²) in [5.41, 5.74) is 0.0644. The quantitative estimate of drug-likeness (QED) is 0.524. The summed E-state index contributed by atoms with van der Waals surface area (Å²) in [5.74, 6) is 0.608. The second-order valence-corrected chi connectivity index (χ2v) is 7.12. The number of carbonyl (C=O) groups is 1. The third-order valence-corrected chi connectivity index (χ3v) is 5.26. The van der Waals surface area contributed by atoms with E-state index >= 15 is 0 Å². The fourth-order valence-corrected chi connectivity index (χ4v) is 3.54. The Bertz CT molecular complexity index is 515. The Kier molecular flexibility index (Phi) is 7.76. The van der Waals surface area contributed by atoms with Gasteiger partial charge in [-0.3, -0.25) is 4.79 Å². The van der Waals surface area contributed by atoms with Gasteiger partial charge in [-0.25, -0.2) is 0 Å². The van der Waals surface area contributed by atoms with E-state index in [0.717, 1.165) is 24.3 Å². The number of carbonyl (C=O) groups excluding carboxylic acids is 1. The fraction of sp³-hybridized carbons (Fsp3) is 0.667. The molecule has 4 nitrogen and oxygen atoms in total. The van der Waals surface area contributed by atoms with Crippen molar-refractivity contribution in [1.29, 1.82) is 0 Å². The number of esters is 1. The number of methoxy groups -OCH3 is 1. The van der Waals surface area contributed by atoms with Gasteiger partial charge in [0.25, 0.3) is 0 Å². The highest BCUT2D eigenvalue weighted by Gasteiger charge is 2.37. The predicted octanol–water partition coefficient (Wildman–Crippen LogP) is 4.59. The minimum Gasteiger partial charge on any atom is -0.494 e. The number of ether oxygens (including phenoxy) is 2. The zero-order valence-corrected chi connectivity index (χ0v) is 15.6. The molecule has 1 aliphatic carbocycles. The molecule has 1 aliphatic rings. The molecule has 0 radical (unpaired) electrons. The van der Waals surface area contributed by atoms with Crippen LogP contribution in [0.15, 0.2) is 24.3 Å².